The Morgan fingerprint density at radius 2 is 1.50 bits per heavy atom. The molecule has 1 unspecified atom stereocenters. The van der Waals surface area contributed by atoms with Gasteiger partial charge in [0, 0.05) is 34.3 Å². The van der Waals surface area contributed by atoms with Crippen LogP contribution >= 0.6 is 23.2 Å². The van der Waals surface area contributed by atoms with Crippen molar-refractivity contribution in [2.75, 3.05) is 13.1 Å². The number of carboxylic acid groups (broad SMARTS) is 1. The minimum Gasteiger partial charge on any atom is -0.481 e. The van der Waals surface area contributed by atoms with Crippen molar-refractivity contribution in [1.82, 2.24) is 10.2 Å². The molecule has 0 spiro atoms. The van der Waals surface area contributed by atoms with Gasteiger partial charge in [-0.3, -0.25) is 14.4 Å². The molecule has 5 rings (SSSR count). The van der Waals surface area contributed by atoms with Gasteiger partial charge in [-0.25, -0.2) is 0 Å². The number of rotatable bonds is 10. The maximum atomic E-state index is 14.0. The van der Waals surface area contributed by atoms with Gasteiger partial charge in [-0.15, -0.1) is 0 Å². The number of fused-ring (bicyclic) bond motifs is 1. The molecule has 4 aromatic rings. The number of halogens is 2. The Hall–Kier alpha value is -4.13. The molecule has 1 atom stereocenters. The lowest BCUT2D eigenvalue weighted by Crippen LogP contribution is -2.35. The van der Waals surface area contributed by atoms with Crippen LogP contribution in [0.2, 0.25) is 10.0 Å². The highest BCUT2D eigenvalue weighted by molar-refractivity contribution is 6.35. The number of carboxylic acids is 1. The van der Waals surface area contributed by atoms with Crippen LogP contribution in [0.15, 0.2) is 91.0 Å². The summed E-state index contributed by atoms with van der Waals surface area (Å²) < 4.78 is 0. The zero-order valence-electron chi connectivity index (χ0n) is 22.9. The number of nitrogens with zero attached hydrogens (tertiary/aromatic N) is 1. The quantitative estimate of drug-likeness (QED) is 0.201. The summed E-state index contributed by atoms with van der Waals surface area (Å²) in [7, 11) is 0. The molecule has 1 aliphatic rings. The number of nitrogens with one attached hydrogen (secondary N) is 1. The average Bonchev–Trinajstić information content (AvgIpc) is 3.40. The normalized spacial score (nSPS) is 13.8. The zero-order chi connectivity index (χ0) is 29.6. The molecule has 8 heteroatoms. The van der Waals surface area contributed by atoms with Crippen molar-refractivity contribution >= 4 is 41.0 Å². The molecule has 42 heavy (non-hydrogen) atoms. The van der Waals surface area contributed by atoms with Crippen molar-refractivity contribution in [2.24, 2.45) is 0 Å². The third-order valence-electron chi connectivity index (χ3n) is 7.61. The fourth-order valence-electron chi connectivity index (χ4n) is 5.46. The minimum absolute atomic E-state index is 0.0247. The summed E-state index contributed by atoms with van der Waals surface area (Å²) in [5.74, 6) is -1.53. The molecule has 2 amide bonds. The second kappa shape index (κ2) is 13.2. The second-order valence-corrected chi connectivity index (χ2v) is 11.1. The summed E-state index contributed by atoms with van der Waals surface area (Å²) in [6.07, 6.45) is 1.96. The van der Waals surface area contributed by atoms with Crippen LogP contribution in [-0.4, -0.2) is 40.9 Å². The zero-order valence-corrected chi connectivity index (χ0v) is 24.4. The lowest BCUT2D eigenvalue weighted by molar-refractivity contribution is -0.137. The molecule has 0 heterocycles. The van der Waals surface area contributed by atoms with E-state index in [-0.39, 0.29) is 37.4 Å². The van der Waals surface area contributed by atoms with Gasteiger partial charge in [-0.05, 0) is 71.3 Å². The third-order valence-corrected chi connectivity index (χ3v) is 8.19. The summed E-state index contributed by atoms with van der Waals surface area (Å²) in [6.45, 7) is 0.280. The van der Waals surface area contributed by atoms with Crippen LogP contribution < -0.4 is 5.32 Å². The maximum Gasteiger partial charge on any atom is 0.305 e. The molecule has 6 nitrogen and oxygen atoms in total. The number of hydrogen-bond acceptors (Lipinski definition) is 3. The third kappa shape index (κ3) is 6.67. The Morgan fingerprint density at radius 3 is 2.24 bits per heavy atom. The smallest absolute Gasteiger partial charge is 0.305 e. The maximum absolute atomic E-state index is 14.0. The highest BCUT2D eigenvalue weighted by Gasteiger charge is 2.26. The Kier molecular flexibility index (Phi) is 9.25. The largest absolute Gasteiger partial charge is 0.481 e. The molecule has 2 N–H and O–H groups in total. The van der Waals surface area contributed by atoms with Gasteiger partial charge in [0.05, 0.1) is 12.5 Å². The van der Waals surface area contributed by atoms with E-state index in [2.05, 4.69) is 17.4 Å². The molecule has 0 saturated heterocycles. The minimum atomic E-state index is -0.999. The summed E-state index contributed by atoms with van der Waals surface area (Å²) in [4.78, 5) is 40.6. The van der Waals surface area contributed by atoms with Crippen LogP contribution in [0.3, 0.4) is 0 Å². The van der Waals surface area contributed by atoms with Crippen LogP contribution in [0.4, 0.5) is 0 Å². The van der Waals surface area contributed by atoms with Gasteiger partial charge in [0.2, 0.25) is 0 Å². The van der Waals surface area contributed by atoms with E-state index in [1.54, 1.807) is 42.5 Å². The van der Waals surface area contributed by atoms with Crippen LogP contribution in [-0.2, 0) is 17.6 Å². The number of carbonyl (C=O) groups is 3. The molecule has 0 radical (unpaired) electrons. The van der Waals surface area contributed by atoms with E-state index in [1.165, 1.54) is 10.5 Å². The Bertz CT molecular complexity index is 1640. The summed E-state index contributed by atoms with van der Waals surface area (Å²) in [6, 6.07) is 27.6. The lowest BCUT2D eigenvalue weighted by Gasteiger charge is -2.24. The van der Waals surface area contributed by atoms with Gasteiger partial charge in [-0.1, -0.05) is 89.9 Å². The average molecular weight is 602 g/mol. The van der Waals surface area contributed by atoms with E-state index >= 15 is 0 Å². The van der Waals surface area contributed by atoms with Gasteiger partial charge in [-0.2, -0.15) is 0 Å². The van der Waals surface area contributed by atoms with Crippen molar-refractivity contribution in [1.29, 1.82) is 0 Å². The number of benzene rings is 4. The van der Waals surface area contributed by atoms with Crippen LogP contribution in [0.5, 0.6) is 0 Å². The van der Waals surface area contributed by atoms with Crippen molar-refractivity contribution in [3.63, 3.8) is 0 Å². The first-order valence-corrected chi connectivity index (χ1v) is 14.6. The second-order valence-electron chi connectivity index (χ2n) is 10.3. The van der Waals surface area contributed by atoms with Gasteiger partial charge >= 0.3 is 5.97 Å². The van der Waals surface area contributed by atoms with E-state index in [4.69, 9.17) is 23.2 Å². The molecule has 1 aliphatic carbocycles. The molecule has 0 bridgehead atoms. The molecular formula is C34H30Cl2N2O4. The fourth-order valence-corrected chi connectivity index (χ4v) is 5.96. The summed E-state index contributed by atoms with van der Waals surface area (Å²) >= 11 is 12.4. The van der Waals surface area contributed by atoms with Crippen LogP contribution in [0.1, 0.15) is 56.3 Å². The highest BCUT2D eigenvalue weighted by atomic mass is 35.5. The topological polar surface area (TPSA) is 86.7 Å². The number of carbonyl (C=O) groups excluding carboxylic acids is 2. The first-order chi connectivity index (χ1) is 20.3. The summed E-state index contributed by atoms with van der Waals surface area (Å²) in [5, 5.41) is 13.6. The monoisotopic (exact) mass is 600 g/mol. The van der Waals surface area contributed by atoms with Gasteiger partial charge in [0.15, 0.2) is 0 Å². The van der Waals surface area contributed by atoms with E-state index in [9.17, 15) is 19.5 Å². The predicted molar refractivity (Wildman–Crippen MR) is 165 cm³/mol. The molecule has 214 valence electrons. The molecule has 0 aliphatic heterocycles. The standard InChI is InChI=1S/C34H30Cl2N2O4/c35-24-15-13-23(30(36)21-24)17-19-38(20-18-32(39)40)34(42)29-12-6-4-10-27(29)26-9-3-5-11-28(26)33(41)37-31-16-14-22-7-1-2-8-25(22)31/h1-13,15,21,31H,14,16-20H2,(H,37,41)(H,39,40). The SMILES string of the molecule is O=C(O)CCN(CCc1ccc(Cl)cc1Cl)C(=O)c1ccccc1-c1ccccc1C(=O)NC1CCc2ccccc21. The molecule has 0 aromatic heterocycles. The number of aryl methyl sites for hydroxylation is 1. The summed E-state index contributed by atoms with van der Waals surface area (Å²) in [5.41, 5.74) is 5.26. The number of aliphatic carboxylic acids is 1. The first-order valence-electron chi connectivity index (χ1n) is 13.8. The first kappa shape index (κ1) is 29.4. The lowest BCUT2D eigenvalue weighted by atomic mass is 9.94. The predicted octanol–water partition coefficient (Wildman–Crippen LogP) is 7.24. The van der Waals surface area contributed by atoms with Crippen LogP contribution in [0, 0.1) is 0 Å². The van der Waals surface area contributed by atoms with Gasteiger partial charge < -0.3 is 15.3 Å². The van der Waals surface area contributed by atoms with E-state index in [1.807, 2.05) is 36.4 Å². The van der Waals surface area contributed by atoms with Crippen LogP contribution in [0.25, 0.3) is 11.1 Å². The molecular weight excluding hydrogens is 571 g/mol. The number of amides is 2. The molecule has 4 aromatic carbocycles. The molecule has 0 saturated carbocycles. The van der Waals surface area contributed by atoms with E-state index in [0.29, 0.717) is 38.7 Å². The fraction of sp³-hybridized carbons (Fsp3) is 0.206. The Morgan fingerprint density at radius 1 is 0.833 bits per heavy atom. The van der Waals surface area contributed by atoms with Crippen molar-refractivity contribution in [2.45, 2.75) is 31.7 Å². The van der Waals surface area contributed by atoms with E-state index in [0.717, 1.165) is 24.0 Å². The Labute approximate surface area is 254 Å². The van der Waals surface area contributed by atoms with Crippen molar-refractivity contribution in [3.05, 3.63) is 129 Å². The Balaban J connectivity index is 1.43. The number of hydrogen-bond donors (Lipinski definition) is 2. The van der Waals surface area contributed by atoms with Crippen molar-refractivity contribution < 1.29 is 19.5 Å². The van der Waals surface area contributed by atoms with Gasteiger partial charge in [0.25, 0.3) is 11.8 Å². The van der Waals surface area contributed by atoms with Crippen molar-refractivity contribution in [3.8, 4) is 11.1 Å². The van der Waals surface area contributed by atoms with Gasteiger partial charge in [0.1, 0.15) is 0 Å². The molecule has 0 fully saturated rings. The highest BCUT2D eigenvalue weighted by Crippen LogP contribution is 2.33. The van der Waals surface area contributed by atoms with E-state index < -0.39 is 5.97 Å².